The quantitative estimate of drug-likeness (QED) is 0.0219. The summed E-state index contributed by atoms with van der Waals surface area (Å²) in [5.74, 6) is 0.125. The topological polar surface area (TPSA) is 308 Å². The molecular weight excluding hydrogens is 1840 g/mol. The lowest BCUT2D eigenvalue weighted by Gasteiger charge is -2.24. The van der Waals surface area contributed by atoms with Crippen LogP contribution in [-0.4, -0.2) is 184 Å². The Hall–Kier alpha value is -6.61. The average Bonchev–Trinajstić information content (AvgIpc) is 1.58. The minimum atomic E-state index is -4.14. The fourth-order valence-electron chi connectivity index (χ4n) is 13.9. The summed E-state index contributed by atoms with van der Waals surface area (Å²) >= 11 is 4.24. The van der Waals surface area contributed by atoms with Gasteiger partial charge in [0.15, 0.2) is 0 Å². The molecule has 114 heavy (non-hydrogen) atoms. The molecule has 3 amide bonds. The van der Waals surface area contributed by atoms with Gasteiger partial charge in [-0.2, -0.15) is 25.4 Å². The SMILES string of the molecule is CCCCOCCN(C)S(=O)(=O)NC(=O)OC(C)(C)C.COc1ccc2c(c1)C=C(C(=O)N(C)CCOCCN(C)S(=O)(=O)NC(=O)OC(C)(C)C)Cn1c-2c(C2CCCCC2)c2ccc(C(=O)OC(C)(C)C)cc21.COc1ccc2c(c1)C=C(C(=O)O)Cn1c-2c(C2CCCCC2)c2ccc(C(=O)OC(C)(C)C)cc21.I.II. The molecule has 0 unspecified atom stereocenters. The van der Waals surface area contributed by atoms with Gasteiger partial charge >= 0.3 is 50.5 Å². The molecule has 6 aromatic rings. The Kier molecular flexibility index (Phi) is 35.6. The first-order valence-corrected chi connectivity index (χ1v) is 47.5. The van der Waals surface area contributed by atoms with Gasteiger partial charge in [0.1, 0.15) is 33.9 Å². The van der Waals surface area contributed by atoms with E-state index in [9.17, 15) is 50.7 Å². The zero-order valence-corrected chi connectivity index (χ0v) is 77.4. The number of rotatable bonds is 24. The molecule has 3 N–H and O–H groups in total. The molecule has 4 heterocycles. The lowest BCUT2D eigenvalue weighted by Crippen LogP contribution is -2.44. The number of methoxy groups -OCH3 is 2. The van der Waals surface area contributed by atoms with E-state index < -0.39 is 66.9 Å². The van der Waals surface area contributed by atoms with Crippen LogP contribution >= 0.6 is 61.2 Å². The molecule has 0 bridgehead atoms. The van der Waals surface area contributed by atoms with Gasteiger partial charge in [-0.05, 0) is 222 Å². The third kappa shape index (κ3) is 27.0. The van der Waals surface area contributed by atoms with Gasteiger partial charge in [-0.25, -0.2) is 33.4 Å². The van der Waals surface area contributed by atoms with E-state index >= 15 is 0 Å². The van der Waals surface area contributed by atoms with E-state index in [2.05, 4.69) is 52.4 Å². The molecule has 0 radical (unpaired) electrons. The molecule has 2 aromatic heterocycles. The Morgan fingerprint density at radius 3 is 1.25 bits per heavy atom. The number of amides is 3. The summed E-state index contributed by atoms with van der Waals surface area (Å²) in [5, 5.41) is 12.2. The number of aromatic nitrogens is 2. The summed E-state index contributed by atoms with van der Waals surface area (Å²) < 4.78 is 102. The van der Waals surface area contributed by atoms with E-state index in [4.69, 9.17) is 37.9 Å². The summed E-state index contributed by atoms with van der Waals surface area (Å²) in [6.45, 7) is 24.9. The van der Waals surface area contributed by atoms with Crippen molar-refractivity contribution in [3.05, 3.63) is 117 Å². The van der Waals surface area contributed by atoms with Gasteiger partial charge in [-0.3, -0.25) is 4.79 Å². The molecule has 4 aromatic carbocycles. The first-order valence-electron chi connectivity index (χ1n) is 38.3. The third-order valence-electron chi connectivity index (χ3n) is 19.1. The highest BCUT2D eigenvalue weighted by atomic mass is 128. The summed E-state index contributed by atoms with van der Waals surface area (Å²) in [7, 11) is -0.400. The number of aliphatic carboxylic acids is 1. The number of fused-ring (bicyclic) bond motifs is 10. The van der Waals surface area contributed by atoms with Crippen LogP contribution < -0.4 is 18.9 Å². The third-order valence-corrected chi connectivity index (χ3v) is 22.0. The van der Waals surface area contributed by atoms with Crippen molar-refractivity contribution in [3.63, 3.8) is 0 Å². The standard InChI is InChI=1S/C41H56N4O9S.C30H33NO5.C12H26N2O5S.I2.HI/c1-40(2,3)53-38(47)28-15-17-33-34(25-28)45-26-30(23-29-24-31(51-9)16-18-32(29)36(45)35(33)27-13-11-10-12-14-27)37(46)43(7)19-21-52-22-20-44(8)55(49,50)42-39(48)54-41(4,5)6;1-30(2,3)36-29(34)19-10-12-24-25(16-19)31-17-21(28(32)33)14-20-15-22(35-4)11-13-23(20)27(31)26(24)18-8-6-5-7-9-18;1-6-7-9-18-10-8-14(5)20(16,17)13-11(15)19-12(2,3)4;1-2;/h15-18,23-25,27H,10-14,19-22,26H2,1-9H3,(H,42,48);10-16,18H,5-9,17H2,1-4H3,(H,32,33);6-10H2,1-5H3,(H,13,15);;1H. The smallest absolute Gasteiger partial charge is 0.422 e. The Balaban J connectivity index is 0.000000293. The number of ether oxygens (including phenoxy) is 8. The van der Waals surface area contributed by atoms with Gasteiger partial charge < -0.3 is 57.0 Å². The summed E-state index contributed by atoms with van der Waals surface area (Å²) in [6.07, 6.45) is 15.0. The molecule has 0 spiro atoms. The highest BCUT2D eigenvalue weighted by molar-refractivity contribution is 15.0. The van der Waals surface area contributed by atoms with Crippen LogP contribution in [0.4, 0.5) is 9.59 Å². The van der Waals surface area contributed by atoms with Crippen molar-refractivity contribution in [2.75, 3.05) is 81.4 Å². The lowest BCUT2D eigenvalue weighted by atomic mass is 9.81. The normalized spacial score (nSPS) is 14.6. The number of nitrogens with zero attached hydrogens (tertiary/aromatic N) is 5. The monoisotopic (exact) mass is 1960 g/mol. The maximum Gasteiger partial charge on any atom is 0.422 e. The number of carboxylic acids is 1. The second-order valence-corrected chi connectivity index (χ2v) is 36.1. The van der Waals surface area contributed by atoms with Crippen molar-refractivity contribution in [2.45, 2.75) is 214 Å². The van der Waals surface area contributed by atoms with Crippen molar-refractivity contribution in [1.82, 2.24) is 32.1 Å². The zero-order valence-electron chi connectivity index (χ0n) is 69.1. The predicted molar refractivity (Wildman–Crippen MR) is 473 cm³/mol. The maximum atomic E-state index is 14.3. The van der Waals surface area contributed by atoms with E-state index in [0.29, 0.717) is 46.6 Å². The van der Waals surface area contributed by atoms with Gasteiger partial charge in [0, 0.05) is 123 Å². The van der Waals surface area contributed by atoms with Gasteiger partial charge in [0.2, 0.25) is 0 Å². The van der Waals surface area contributed by atoms with Crippen LogP contribution in [0.3, 0.4) is 0 Å². The number of nitrogens with one attached hydrogen (secondary N) is 2. The molecule has 4 aliphatic rings. The van der Waals surface area contributed by atoms with E-state index in [1.807, 2.05) is 131 Å². The minimum absolute atomic E-state index is 0. The van der Waals surface area contributed by atoms with Gasteiger partial charge in [0.25, 0.3) is 5.91 Å². The summed E-state index contributed by atoms with van der Waals surface area (Å²) in [4.78, 5) is 77.8. The van der Waals surface area contributed by atoms with E-state index in [0.717, 1.165) is 115 Å². The molecular formula is C83H116I3N7O19S2. The Bertz CT molecular complexity index is 4670. The molecule has 0 saturated heterocycles. The molecule has 2 saturated carbocycles. The van der Waals surface area contributed by atoms with E-state index in [1.54, 1.807) is 73.8 Å². The number of likely N-dealkylation sites (N-methyl/N-ethyl adjacent to an activating group) is 3. The van der Waals surface area contributed by atoms with Crippen molar-refractivity contribution < 1.29 is 88.6 Å². The van der Waals surface area contributed by atoms with Crippen LogP contribution in [0.15, 0.2) is 83.9 Å². The highest BCUT2D eigenvalue weighted by Crippen LogP contribution is 2.49. The number of esters is 2. The van der Waals surface area contributed by atoms with Crippen LogP contribution in [0.2, 0.25) is 0 Å². The number of benzene rings is 4. The molecule has 2 aliphatic heterocycles. The summed E-state index contributed by atoms with van der Waals surface area (Å²) in [5.41, 5.74) is 8.89. The van der Waals surface area contributed by atoms with Crippen LogP contribution in [0.25, 0.3) is 56.5 Å². The number of carboxylic acid groups (broad SMARTS) is 1. The van der Waals surface area contributed by atoms with Crippen LogP contribution in [0, 0.1) is 0 Å². The molecule has 31 heteroatoms. The molecule has 630 valence electrons. The Labute approximate surface area is 713 Å². The number of hydrogen-bond acceptors (Lipinski definition) is 18. The maximum absolute atomic E-state index is 14.3. The van der Waals surface area contributed by atoms with Gasteiger partial charge in [0.05, 0.1) is 75.2 Å². The predicted octanol–water partition coefficient (Wildman–Crippen LogP) is 17.6. The number of hydrogen-bond donors (Lipinski definition) is 3. The number of carbonyl (C=O) groups is 6. The van der Waals surface area contributed by atoms with E-state index in [1.165, 1.54) is 50.9 Å². The van der Waals surface area contributed by atoms with Crippen LogP contribution in [0.1, 0.15) is 222 Å². The number of carbonyl (C=O) groups excluding carboxylic acids is 5. The van der Waals surface area contributed by atoms with Gasteiger partial charge in [-0.15, -0.1) is 24.0 Å². The Morgan fingerprint density at radius 1 is 0.509 bits per heavy atom. The number of unbranched alkanes of at least 4 members (excludes halogenated alkanes) is 1. The molecule has 10 rings (SSSR count). The van der Waals surface area contributed by atoms with E-state index in [-0.39, 0.29) is 94.0 Å². The van der Waals surface area contributed by atoms with Crippen molar-refractivity contribution in [1.29, 1.82) is 0 Å². The highest BCUT2D eigenvalue weighted by Gasteiger charge is 2.35. The number of halogens is 3. The fraction of sp³-hybridized carbons (Fsp3) is 0.542. The largest absolute Gasteiger partial charge is 0.497 e. The first-order chi connectivity index (χ1) is 53.0. The molecule has 2 fully saturated rings. The van der Waals surface area contributed by atoms with Crippen LogP contribution in [0.5, 0.6) is 11.5 Å². The lowest BCUT2D eigenvalue weighted by molar-refractivity contribution is -0.132. The van der Waals surface area contributed by atoms with Crippen molar-refractivity contribution in [3.8, 4) is 34.0 Å². The fourth-order valence-corrected chi connectivity index (χ4v) is 15.3. The van der Waals surface area contributed by atoms with Crippen LogP contribution in [-0.2, 0) is 71.5 Å². The molecule has 26 nitrogen and oxygen atoms in total. The minimum Gasteiger partial charge on any atom is -0.497 e. The van der Waals surface area contributed by atoms with Crippen molar-refractivity contribution >= 4 is 152 Å². The molecule has 0 atom stereocenters. The van der Waals surface area contributed by atoms with Crippen molar-refractivity contribution in [2.24, 2.45) is 0 Å². The first kappa shape index (κ1) is 96.2. The molecule has 2 aliphatic carbocycles. The summed E-state index contributed by atoms with van der Waals surface area (Å²) in [6, 6.07) is 23.3. The average molecular weight is 1960 g/mol. The Morgan fingerprint density at radius 2 is 0.877 bits per heavy atom. The zero-order chi connectivity index (χ0) is 83.7. The van der Waals surface area contributed by atoms with Gasteiger partial charge in [-0.1, -0.05) is 64.0 Å². The second kappa shape index (κ2) is 42.2. The second-order valence-electron chi connectivity index (χ2n) is 32.6.